The standard InChI is InChI=1S/C26H32N4O2/c31-23-10-8-22(9-11-23)28-26-27-16-19-7-12-24(15-25(19)29-26)32-18-21-6-2-1-5-20(21)17-30-13-3-4-14-30/h1-2,5-7,12,15-16,22-23,31H,3-4,8-11,13-14,17-18H2,(H,27,28,29)/t22-,23-. The molecule has 1 aliphatic heterocycles. The molecule has 3 aromatic rings. The molecular formula is C26H32N4O2. The van der Waals surface area contributed by atoms with E-state index in [1.807, 2.05) is 24.4 Å². The molecule has 0 unspecified atom stereocenters. The highest BCUT2D eigenvalue weighted by atomic mass is 16.5. The van der Waals surface area contributed by atoms with Crippen LogP contribution in [0.15, 0.2) is 48.7 Å². The van der Waals surface area contributed by atoms with E-state index in [0.717, 1.165) is 48.9 Å². The average molecular weight is 433 g/mol. The molecule has 2 aromatic carbocycles. The average Bonchev–Trinajstić information content (AvgIpc) is 3.33. The number of ether oxygens (including phenoxy) is 1. The summed E-state index contributed by atoms with van der Waals surface area (Å²) in [5.74, 6) is 1.46. The minimum atomic E-state index is -0.161. The number of aliphatic hydroxyl groups excluding tert-OH is 1. The second kappa shape index (κ2) is 9.84. The number of nitrogens with zero attached hydrogens (tertiary/aromatic N) is 3. The number of hydrogen-bond acceptors (Lipinski definition) is 6. The molecule has 5 rings (SSSR count). The minimum absolute atomic E-state index is 0.161. The summed E-state index contributed by atoms with van der Waals surface area (Å²) in [6.45, 7) is 3.93. The van der Waals surface area contributed by atoms with Crippen LogP contribution in [-0.2, 0) is 13.2 Å². The Morgan fingerprint density at radius 2 is 1.78 bits per heavy atom. The fourth-order valence-electron chi connectivity index (χ4n) is 4.76. The molecule has 6 nitrogen and oxygen atoms in total. The Morgan fingerprint density at radius 1 is 1.00 bits per heavy atom. The number of anilines is 1. The maximum Gasteiger partial charge on any atom is 0.223 e. The zero-order valence-electron chi connectivity index (χ0n) is 18.5. The first-order valence-corrected chi connectivity index (χ1v) is 11.9. The first-order chi connectivity index (χ1) is 15.7. The first-order valence-electron chi connectivity index (χ1n) is 11.9. The van der Waals surface area contributed by atoms with E-state index in [0.29, 0.717) is 18.6 Å². The third kappa shape index (κ3) is 5.19. The number of hydrogen-bond donors (Lipinski definition) is 2. The zero-order valence-corrected chi connectivity index (χ0v) is 18.5. The predicted molar refractivity (Wildman–Crippen MR) is 127 cm³/mol. The van der Waals surface area contributed by atoms with Crippen LogP contribution in [0.3, 0.4) is 0 Å². The van der Waals surface area contributed by atoms with Crippen LogP contribution in [0.25, 0.3) is 10.9 Å². The molecule has 2 N–H and O–H groups in total. The third-order valence-corrected chi connectivity index (χ3v) is 6.69. The maximum absolute atomic E-state index is 9.71. The molecule has 0 radical (unpaired) electrons. The summed E-state index contributed by atoms with van der Waals surface area (Å²) in [4.78, 5) is 11.7. The number of nitrogens with one attached hydrogen (secondary N) is 1. The van der Waals surface area contributed by atoms with Gasteiger partial charge in [-0.3, -0.25) is 4.90 Å². The number of fused-ring (bicyclic) bond motifs is 1. The van der Waals surface area contributed by atoms with Crippen molar-refractivity contribution >= 4 is 16.9 Å². The lowest BCUT2D eigenvalue weighted by molar-refractivity contribution is 0.126. The summed E-state index contributed by atoms with van der Waals surface area (Å²) in [7, 11) is 0. The van der Waals surface area contributed by atoms with Crippen LogP contribution >= 0.6 is 0 Å². The van der Waals surface area contributed by atoms with E-state index >= 15 is 0 Å². The molecule has 1 saturated heterocycles. The highest BCUT2D eigenvalue weighted by molar-refractivity contribution is 5.80. The Hall–Kier alpha value is -2.70. The van der Waals surface area contributed by atoms with E-state index in [9.17, 15) is 5.11 Å². The summed E-state index contributed by atoms with van der Waals surface area (Å²) >= 11 is 0. The van der Waals surface area contributed by atoms with Gasteiger partial charge in [0.25, 0.3) is 0 Å². The van der Waals surface area contributed by atoms with E-state index in [4.69, 9.17) is 9.72 Å². The summed E-state index contributed by atoms with van der Waals surface area (Å²) in [5.41, 5.74) is 3.46. The molecule has 2 fully saturated rings. The van der Waals surface area contributed by atoms with Gasteiger partial charge in [-0.1, -0.05) is 24.3 Å². The van der Waals surface area contributed by atoms with Gasteiger partial charge >= 0.3 is 0 Å². The molecule has 0 bridgehead atoms. The highest BCUT2D eigenvalue weighted by Crippen LogP contribution is 2.24. The topological polar surface area (TPSA) is 70.5 Å². The van der Waals surface area contributed by atoms with E-state index in [-0.39, 0.29) is 6.10 Å². The number of rotatable bonds is 7. The Morgan fingerprint density at radius 3 is 2.59 bits per heavy atom. The fraction of sp³-hybridized carbons (Fsp3) is 0.462. The normalized spacial score (nSPS) is 21.7. The van der Waals surface area contributed by atoms with E-state index in [1.54, 1.807) is 0 Å². The lowest BCUT2D eigenvalue weighted by Gasteiger charge is -2.26. The number of aliphatic hydroxyl groups is 1. The van der Waals surface area contributed by atoms with Crippen LogP contribution in [0.5, 0.6) is 5.75 Å². The SMILES string of the molecule is O[C@H]1CC[C@H](Nc2ncc3ccc(OCc4ccccc4CN4CCCC4)cc3n2)CC1. The molecular weight excluding hydrogens is 400 g/mol. The highest BCUT2D eigenvalue weighted by Gasteiger charge is 2.20. The molecule has 0 amide bonds. The van der Waals surface area contributed by atoms with Crippen LogP contribution in [0.1, 0.15) is 49.7 Å². The van der Waals surface area contributed by atoms with Crippen molar-refractivity contribution in [3.63, 3.8) is 0 Å². The van der Waals surface area contributed by atoms with Crippen molar-refractivity contribution in [1.82, 2.24) is 14.9 Å². The van der Waals surface area contributed by atoms with Crippen LogP contribution in [-0.4, -0.2) is 45.2 Å². The van der Waals surface area contributed by atoms with Crippen molar-refractivity contribution in [3.05, 3.63) is 59.8 Å². The molecule has 1 saturated carbocycles. The Labute approximate surface area is 189 Å². The predicted octanol–water partition coefficient (Wildman–Crippen LogP) is 4.52. The van der Waals surface area contributed by atoms with Crippen LogP contribution in [0.4, 0.5) is 5.95 Å². The van der Waals surface area contributed by atoms with Crippen molar-refractivity contribution in [3.8, 4) is 5.75 Å². The number of benzene rings is 2. The van der Waals surface area contributed by atoms with Crippen LogP contribution in [0.2, 0.25) is 0 Å². The van der Waals surface area contributed by atoms with Gasteiger partial charge in [-0.05, 0) is 74.9 Å². The second-order valence-corrected chi connectivity index (χ2v) is 9.10. The lowest BCUT2D eigenvalue weighted by atomic mass is 9.93. The van der Waals surface area contributed by atoms with Crippen molar-refractivity contribution in [2.24, 2.45) is 0 Å². The zero-order chi connectivity index (χ0) is 21.8. The molecule has 0 atom stereocenters. The van der Waals surface area contributed by atoms with E-state index < -0.39 is 0 Å². The monoisotopic (exact) mass is 432 g/mol. The molecule has 0 spiro atoms. The molecule has 2 heterocycles. The van der Waals surface area contributed by atoms with Crippen molar-refractivity contribution in [2.75, 3.05) is 18.4 Å². The third-order valence-electron chi connectivity index (χ3n) is 6.69. The van der Waals surface area contributed by atoms with Crippen molar-refractivity contribution in [2.45, 2.75) is 63.8 Å². The minimum Gasteiger partial charge on any atom is -0.489 e. The molecule has 1 aliphatic carbocycles. The summed E-state index contributed by atoms with van der Waals surface area (Å²) in [6.07, 6.45) is 7.87. The van der Waals surface area contributed by atoms with Crippen LogP contribution < -0.4 is 10.1 Å². The van der Waals surface area contributed by atoms with E-state index in [2.05, 4.69) is 39.5 Å². The Bertz CT molecular complexity index is 1040. The van der Waals surface area contributed by atoms with Gasteiger partial charge in [-0.2, -0.15) is 0 Å². The summed E-state index contributed by atoms with van der Waals surface area (Å²) < 4.78 is 6.18. The second-order valence-electron chi connectivity index (χ2n) is 9.10. The van der Waals surface area contributed by atoms with Crippen LogP contribution in [0, 0.1) is 0 Å². The molecule has 1 aromatic heterocycles. The van der Waals surface area contributed by atoms with Gasteiger partial charge in [0.15, 0.2) is 0 Å². The number of likely N-dealkylation sites (tertiary alicyclic amines) is 1. The van der Waals surface area contributed by atoms with Gasteiger partial charge in [0.1, 0.15) is 12.4 Å². The molecule has 2 aliphatic rings. The molecule has 6 heteroatoms. The molecule has 168 valence electrons. The van der Waals surface area contributed by atoms with E-state index in [1.165, 1.54) is 37.1 Å². The van der Waals surface area contributed by atoms with Gasteiger partial charge in [0, 0.05) is 30.2 Å². The van der Waals surface area contributed by atoms with Gasteiger partial charge in [-0.25, -0.2) is 9.97 Å². The molecule has 32 heavy (non-hydrogen) atoms. The Balaban J connectivity index is 1.26. The van der Waals surface area contributed by atoms with Crippen molar-refractivity contribution < 1.29 is 9.84 Å². The fourth-order valence-corrected chi connectivity index (χ4v) is 4.76. The van der Waals surface area contributed by atoms with Gasteiger partial charge in [0.2, 0.25) is 5.95 Å². The van der Waals surface area contributed by atoms with Gasteiger partial charge in [0.05, 0.1) is 11.6 Å². The lowest BCUT2D eigenvalue weighted by Crippen LogP contribution is -2.28. The quantitative estimate of drug-likeness (QED) is 0.572. The maximum atomic E-state index is 9.71. The first kappa shape index (κ1) is 21.2. The summed E-state index contributed by atoms with van der Waals surface area (Å²) in [6, 6.07) is 14.9. The summed E-state index contributed by atoms with van der Waals surface area (Å²) in [5, 5.41) is 14.1. The number of aromatic nitrogens is 2. The Kier molecular flexibility index (Phi) is 6.51. The largest absolute Gasteiger partial charge is 0.489 e. The smallest absolute Gasteiger partial charge is 0.223 e. The van der Waals surface area contributed by atoms with Gasteiger partial charge in [-0.15, -0.1) is 0 Å². The van der Waals surface area contributed by atoms with Crippen molar-refractivity contribution in [1.29, 1.82) is 0 Å². The van der Waals surface area contributed by atoms with Gasteiger partial charge < -0.3 is 15.2 Å².